The van der Waals surface area contributed by atoms with E-state index in [1.807, 2.05) is 0 Å². The summed E-state index contributed by atoms with van der Waals surface area (Å²) in [5, 5.41) is 0. The van der Waals surface area contributed by atoms with E-state index >= 15 is 0 Å². The molecule has 2 N–H and O–H groups in total. The summed E-state index contributed by atoms with van der Waals surface area (Å²) in [7, 11) is 0. The molecule has 1 aromatic carbocycles. The fourth-order valence-corrected chi connectivity index (χ4v) is 2.19. The molecule has 0 saturated carbocycles. The van der Waals surface area contributed by atoms with Gasteiger partial charge in [-0.1, -0.05) is 6.07 Å². The molecule has 4 nitrogen and oxygen atoms in total. The number of anilines is 1. The first-order valence-electron chi connectivity index (χ1n) is 5.04. The molecule has 1 unspecified atom stereocenters. The number of benzene rings is 1. The Balaban J connectivity index is 2.32. The van der Waals surface area contributed by atoms with Crippen LogP contribution >= 0.6 is 15.9 Å². The van der Waals surface area contributed by atoms with Gasteiger partial charge in [0.1, 0.15) is 0 Å². The first-order chi connectivity index (χ1) is 8.00. The second-order valence-corrected chi connectivity index (χ2v) is 4.74. The lowest BCUT2D eigenvalue weighted by molar-refractivity contribution is -0.123. The molecule has 1 saturated heterocycles. The van der Waals surface area contributed by atoms with Crippen molar-refractivity contribution in [3.05, 3.63) is 28.5 Å². The average Bonchev–Trinajstić information content (AvgIpc) is 2.65. The largest absolute Gasteiger partial charge is 0.369 e. The molecule has 0 aliphatic carbocycles. The van der Waals surface area contributed by atoms with Crippen LogP contribution in [0.5, 0.6) is 0 Å². The summed E-state index contributed by atoms with van der Waals surface area (Å²) in [6.45, 7) is 0.140. The van der Waals surface area contributed by atoms with Crippen molar-refractivity contribution in [2.45, 2.75) is 6.42 Å². The van der Waals surface area contributed by atoms with Gasteiger partial charge in [-0.15, -0.1) is 0 Å². The molecular formula is C11H10BrFN2O2. The van der Waals surface area contributed by atoms with Crippen LogP contribution in [0.2, 0.25) is 0 Å². The second kappa shape index (κ2) is 4.44. The SMILES string of the molecule is NC(=O)C1CC(=O)N(c2cccc(Br)c2F)C1. The molecule has 1 aliphatic rings. The highest BCUT2D eigenvalue weighted by Crippen LogP contribution is 2.30. The first-order valence-corrected chi connectivity index (χ1v) is 5.83. The van der Waals surface area contributed by atoms with Gasteiger partial charge in [-0.2, -0.15) is 0 Å². The lowest BCUT2D eigenvalue weighted by atomic mass is 10.1. The summed E-state index contributed by atoms with van der Waals surface area (Å²) in [5.41, 5.74) is 5.32. The smallest absolute Gasteiger partial charge is 0.227 e. The van der Waals surface area contributed by atoms with Crippen molar-refractivity contribution >= 4 is 33.4 Å². The van der Waals surface area contributed by atoms with Gasteiger partial charge in [0.15, 0.2) is 5.82 Å². The Bertz CT molecular complexity index is 492. The van der Waals surface area contributed by atoms with Crippen molar-refractivity contribution in [3.8, 4) is 0 Å². The normalized spacial score (nSPS) is 19.8. The maximum atomic E-state index is 13.8. The van der Waals surface area contributed by atoms with Crippen molar-refractivity contribution < 1.29 is 14.0 Å². The molecule has 0 bridgehead atoms. The Labute approximate surface area is 106 Å². The minimum Gasteiger partial charge on any atom is -0.369 e. The lowest BCUT2D eigenvalue weighted by Crippen LogP contribution is -2.29. The van der Waals surface area contributed by atoms with E-state index in [1.54, 1.807) is 12.1 Å². The number of hydrogen-bond donors (Lipinski definition) is 1. The summed E-state index contributed by atoms with van der Waals surface area (Å²) in [4.78, 5) is 24.0. The average molecular weight is 301 g/mol. The predicted molar refractivity (Wildman–Crippen MR) is 63.8 cm³/mol. The van der Waals surface area contributed by atoms with Gasteiger partial charge in [0.05, 0.1) is 16.1 Å². The number of carbonyl (C=O) groups is 2. The highest BCUT2D eigenvalue weighted by molar-refractivity contribution is 9.10. The molecule has 2 rings (SSSR count). The van der Waals surface area contributed by atoms with Crippen LogP contribution < -0.4 is 10.6 Å². The van der Waals surface area contributed by atoms with Crippen molar-refractivity contribution in [2.24, 2.45) is 11.7 Å². The monoisotopic (exact) mass is 300 g/mol. The number of amides is 2. The van der Waals surface area contributed by atoms with Gasteiger partial charge in [0.2, 0.25) is 11.8 Å². The standard InChI is InChI=1S/C11H10BrFN2O2/c12-7-2-1-3-8(10(7)13)15-5-6(11(14)17)4-9(15)16/h1-3,6H,4-5H2,(H2,14,17). The molecule has 1 heterocycles. The van der Waals surface area contributed by atoms with E-state index in [2.05, 4.69) is 15.9 Å². The van der Waals surface area contributed by atoms with E-state index in [0.29, 0.717) is 0 Å². The van der Waals surface area contributed by atoms with Crippen LogP contribution in [0.3, 0.4) is 0 Å². The van der Waals surface area contributed by atoms with E-state index in [9.17, 15) is 14.0 Å². The molecule has 1 aliphatic heterocycles. The third-order valence-electron chi connectivity index (χ3n) is 2.75. The van der Waals surface area contributed by atoms with Gasteiger partial charge < -0.3 is 10.6 Å². The number of halogens is 2. The fraction of sp³-hybridized carbons (Fsp3) is 0.273. The van der Waals surface area contributed by atoms with E-state index < -0.39 is 17.6 Å². The molecule has 17 heavy (non-hydrogen) atoms. The van der Waals surface area contributed by atoms with Crippen molar-refractivity contribution in [1.82, 2.24) is 0 Å². The zero-order valence-corrected chi connectivity index (χ0v) is 10.4. The van der Waals surface area contributed by atoms with E-state index in [-0.39, 0.29) is 29.0 Å². The third kappa shape index (κ3) is 2.17. The maximum Gasteiger partial charge on any atom is 0.227 e. The third-order valence-corrected chi connectivity index (χ3v) is 3.36. The van der Waals surface area contributed by atoms with Crippen molar-refractivity contribution in [1.29, 1.82) is 0 Å². The maximum absolute atomic E-state index is 13.8. The molecule has 2 amide bonds. The first kappa shape index (κ1) is 12.0. The Morgan fingerprint density at radius 2 is 2.24 bits per heavy atom. The van der Waals surface area contributed by atoms with Gasteiger partial charge >= 0.3 is 0 Å². The van der Waals surface area contributed by atoms with Crippen LogP contribution in [0, 0.1) is 11.7 Å². The Morgan fingerprint density at radius 3 is 2.82 bits per heavy atom. The van der Waals surface area contributed by atoms with Gasteiger partial charge in [-0.25, -0.2) is 4.39 Å². The molecule has 6 heteroatoms. The molecule has 90 valence electrons. The number of nitrogens with two attached hydrogens (primary N) is 1. The number of nitrogens with zero attached hydrogens (tertiary/aromatic N) is 1. The van der Waals surface area contributed by atoms with Gasteiger partial charge in [-0.3, -0.25) is 9.59 Å². The summed E-state index contributed by atoms with van der Waals surface area (Å²) >= 11 is 3.05. The van der Waals surface area contributed by atoms with Crippen molar-refractivity contribution in [3.63, 3.8) is 0 Å². The molecular weight excluding hydrogens is 291 g/mol. The zero-order valence-electron chi connectivity index (χ0n) is 8.82. The van der Waals surface area contributed by atoms with E-state index in [4.69, 9.17) is 5.73 Å². The van der Waals surface area contributed by atoms with Crippen LogP contribution in [0.25, 0.3) is 0 Å². The quantitative estimate of drug-likeness (QED) is 0.898. The molecule has 0 aromatic heterocycles. The number of hydrogen-bond acceptors (Lipinski definition) is 2. The van der Waals surface area contributed by atoms with Crippen LogP contribution in [0.4, 0.5) is 10.1 Å². The van der Waals surface area contributed by atoms with Gasteiger partial charge in [0, 0.05) is 13.0 Å². The predicted octanol–water partition coefficient (Wildman–Crippen LogP) is 1.43. The Morgan fingerprint density at radius 1 is 1.53 bits per heavy atom. The van der Waals surface area contributed by atoms with Gasteiger partial charge in [-0.05, 0) is 28.1 Å². The second-order valence-electron chi connectivity index (χ2n) is 3.88. The number of carbonyl (C=O) groups excluding carboxylic acids is 2. The van der Waals surface area contributed by atoms with Crippen LogP contribution in [0.15, 0.2) is 22.7 Å². The molecule has 1 atom stereocenters. The van der Waals surface area contributed by atoms with Crippen LogP contribution in [-0.2, 0) is 9.59 Å². The minimum atomic E-state index is -0.541. The highest BCUT2D eigenvalue weighted by atomic mass is 79.9. The number of primary amides is 1. The number of rotatable bonds is 2. The molecule has 1 fully saturated rings. The molecule has 0 radical (unpaired) electrons. The topological polar surface area (TPSA) is 63.4 Å². The van der Waals surface area contributed by atoms with E-state index in [1.165, 1.54) is 11.0 Å². The lowest BCUT2D eigenvalue weighted by Gasteiger charge is -2.17. The highest BCUT2D eigenvalue weighted by Gasteiger charge is 2.35. The summed E-state index contributed by atoms with van der Waals surface area (Å²) in [5.74, 6) is -1.87. The summed E-state index contributed by atoms with van der Waals surface area (Å²) in [6.07, 6.45) is 0.0429. The fourth-order valence-electron chi connectivity index (χ4n) is 1.83. The summed E-state index contributed by atoms with van der Waals surface area (Å²) < 4.78 is 14.1. The van der Waals surface area contributed by atoms with Crippen LogP contribution in [-0.4, -0.2) is 18.4 Å². The minimum absolute atomic E-state index is 0.0429. The van der Waals surface area contributed by atoms with Crippen molar-refractivity contribution in [2.75, 3.05) is 11.4 Å². The molecule has 1 aromatic rings. The van der Waals surface area contributed by atoms with Gasteiger partial charge in [0.25, 0.3) is 0 Å². The molecule has 0 spiro atoms. The summed E-state index contributed by atoms with van der Waals surface area (Å²) in [6, 6.07) is 4.68. The van der Waals surface area contributed by atoms with E-state index in [0.717, 1.165) is 0 Å². The zero-order chi connectivity index (χ0) is 12.6. The Hall–Kier alpha value is -1.43. The Kier molecular flexibility index (Phi) is 3.15. The van der Waals surface area contributed by atoms with Crippen LogP contribution in [0.1, 0.15) is 6.42 Å².